The monoisotopic (exact) mass is 440 g/mol. The number of esters is 1. The fourth-order valence-corrected chi connectivity index (χ4v) is 7.18. The molecule has 0 aromatic heterocycles. The summed E-state index contributed by atoms with van der Waals surface area (Å²) in [5, 5.41) is 0. The van der Waals surface area contributed by atoms with Gasteiger partial charge < -0.3 is 9.47 Å². The number of benzene rings is 1. The molecule has 4 heteroatoms. The summed E-state index contributed by atoms with van der Waals surface area (Å²) in [6.07, 6.45) is 9.82. The van der Waals surface area contributed by atoms with Crippen LogP contribution in [0.15, 0.2) is 18.2 Å². The summed E-state index contributed by atoms with van der Waals surface area (Å²) in [7, 11) is 1.74. The van der Waals surface area contributed by atoms with Crippen LogP contribution in [-0.4, -0.2) is 25.0 Å². The largest absolute Gasteiger partial charge is 0.497 e. The Morgan fingerprint density at radius 1 is 1.19 bits per heavy atom. The van der Waals surface area contributed by atoms with Crippen molar-refractivity contribution >= 4 is 11.8 Å². The molecule has 0 N–H and O–H groups in total. The summed E-state index contributed by atoms with van der Waals surface area (Å²) < 4.78 is 10.7. The van der Waals surface area contributed by atoms with Crippen molar-refractivity contribution in [2.45, 2.75) is 97.0 Å². The maximum absolute atomic E-state index is 13.1. The average molecular weight is 441 g/mol. The molecule has 32 heavy (non-hydrogen) atoms. The Morgan fingerprint density at radius 2 is 2.00 bits per heavy atom. The number of ether oxygens (including phenoxy) is 2. The van der Waals surface area contributed by atoms with Crippen molar-refractivity contribution in [3.8, 4) is 5.75 Å². The molecule has 4 rings (SSSR count). The quantitative estimate of drug-likeness (QED) is 0.354. The van der Waals surface area contributed by atoms with Gasteiger partial charge in [0.1, 0.15) is 11.5 Å². The Labute approximate surface area is 193 Å². The van der Waals surface area contributed by atoms with E-state index in [0.29, 0.717) is 35.9 Å². The molecule has 4 nitrogen and oxygen atoms in total. The molecule has 0 heterocycles. The van der Waals surface area contributed by atoms with Gasteiger partial charge in [-0.2, -0.15) is 0 Å². The third kappa shape index (κ3) is 4.47. The van der Waals surface area contributed by atoms with Gasteiger partial charge >= 0.3 is 5.97 Å². The highest BCUT2D eigenvalue weighted by Gasteiger charge is 2.58. The predicted molar refractivity (Wildman–Crippen MR) is 126 cm³/mol. The molecule has 2 fully saturated rings. The number of hydrogen-bond acceptors (Lipinski definition) is 4. The van der Waals surface area contributed by atoms with Gasteiger partial charge in [0.05, 0.1) is 13.2 Å². The second-order valence-corrected chi connectivity index (χ2v) is 10.9. The molecule has 1 aromatic rings. The van der Waals surface area contributed by atoms with E-state index in [9.17, 15) is 9.59 Å². The molecule has 1 aromatic carbocycles. The van der Waals surface area contributed by atoms with Gasteiger partial charge in [-0.05, 0) is 99.3 Å². The number of aryl methyl sites for hydroxylation is 1. The topological polar surface area (TPSA) is 52.6 Å². The lowest BCUT2D eigenvalue weighted by atomic mass is 9.54. The zero-order valence-electron chi connectivity index (χ0n) is 20.3. The van der Waals surface area contributed by atoms with E-state index >= 15 is 0 Å². The molecule has 3 aliphatic carbocycles. The normalized spacial score (nSPS) is 31.1. The smallest absolute Gasteiger partial charge is 0.306 e. The van der Waals surface area contributed by atoms with Gasteiger partial charge in [-0.1, -0.05) is 25.8 Å². The Balaban J connectivity index is 1.40. The van der Waals surface area contributed by atoms with E-state index in [1.807, 2.05) is 13.8 Å². The van der Waals surface area contributed by atoms with Gasteiger partial charge in [-0.3, -0.25) is 9.59 Å². The van der Waals surface area contributed by atoms with Crippen LogP contribution in [0.25, 0.3) is 0 Å². The maximum Gasteiger partial charge on any atom is 0.306 e. The molecule has 176 valence electrons. The number of methoxy groups -OCH3 is 1. The lowest BCUT2D eigenvalue weighted by Gasteiger charge is -2.50. The summed E-state index contributed by atoms with van der Waals surface area (Å²) in [5.41, 5.74) is 2.82. The number of carbonyl (C=O) groups is 2. The second-order valence-electron chi connectivity index (χ2n) is 10.9. The molecule has 0 aliphatic heterocycles. The molecular formula is C28H40O4. The second kappa shape index (κ2) is 9.57. The first-order chi connectivity index (χ1) is 15.3. The number of ketones is 1. The van der Waals surface area contributed by atoms with Crippen molar-refractivity contribution in [3.05, 3.63) is 29.3 Å². The molecule has 0 radical (unpaired) electrons. The Morgan fingerprint density at radius 3 is 2.75 bits per heavy atom. The number of Topliss-reactive ketones (excluding diaryl/α,β-unsaturated/α-hetero) is 1. The standard InChI is InChI=1S/C28H40O4/c1-18(2)32-26(30)9-7-5-6-8-20-17-25(29)28(3)15-14-23-22-13-11-21(31-4)16-19(22)10-12-24(23)27(20)28/h11,13,16,18,20,23-24,27H,5-10,12,14-15,17H2,1-4H3/t20?,23-,24-,27+,28-/m1/s1. The fourth-order valence-electron chi connectivity index (χ4n) is 7.18. The molecule has 0 bridgehead atoms. The third-order valence-electron chi connectivity index (χ3n) is 8.60. The first kappa shape index (κ1) is 23.3. The Kier molecular flexibility index (Phi) is 6.97. The molecule has 3 aliphatic rings. The first-order valence-corrected chi connectivity index (χ1v) is 12.7. The van der Waals surface area contributed by atoms with Crippen molar-refractivity contribution < 1.29 is 19.1 Å². The molecular weight excluding hydrogens is 400 g/mol. The van der Waals surface area contributed by atoms with Crippen LogP contribution in [0.2, 0.25) is 0 Å². The zero-order chi connectivity index (χ0) is 22.9. The number of hydrogen-bond donors (Lipinski definition) is 0. The molecule has 2 saturated carbocycles. The Bertz CT molecular complexity index is 844. The minimum atomic E-state index is -0.128. The number of carbonyl (C=O) groups excluding carboxylic acids is 2. The average Bonchev–Trinajstić information content (AvgIpc) is 3.02. The van der Waals surface area contributed by atoms with Gasteiger partial charge in [0.2, 0.25) is 0 Å². The number of rotatable bonds is 8. The lowest BCUT2D eigenvalue weighted by molar-refractivity contribution is -0.147. The van der Waals surface area contributed by atoms with E-state index in [2.05, 4.69) is 25.1 Å². The van der Waals surface area contributed by atoms with Crippen LogP contribution in [0.5, 0.6) is 5.75 Å². The van der Waals surface area contributed by atoms with Gasteiger partial charge in [0, 0.05) is 18.3 Å². The number of fused-ring (bicyclic) bond motifs is 5. The van der Waals surface area contributed by atoms with E-state index < -0.39 is 0 Å². The van der Waals surface area contributed by atoms with Gasteiger partial charge in [0.15, 0.2) is 0 Å². The van der Waals surface area contributed by atoms with E-state index in [-0.39, 0.29) is 17.5 Å². The van der Waals surface area contributed by atoms with Gasteiger partial charge in [0.25, 0.3) is 0 Å². The minimum absolute atomic E-state index is 0.0364. The maximum atomic E-state index is 13.1. The number of unbranched alkanes of at least 4 members (excludes halogenated alkanes) is 2. The predicted octanol–water partition coefficient (Wildman–Crippen LogP) is 6.25. The van der Waals surface area contributed by atoms with Crippen molar-refractivity contribution in [3.63, 3.8) is 0 Å². The first-order valence-electron chi connectivity index (χ1n) is 12.7. The highest BCUT2D eigenvalue weighted by atomic mass is 16.5. The van der Waals surface area contributed by atoms with Crippen LogP contribution < -0.4 is 4.74 Å². The van der Waals surface area contributed by atoms with Crippen LogP contribution in [0, 0.1) is 23.2 Å². The third-order valence-corrected chi connectivity index (χ3v) is 8.60. The van der Waals surface area contributed by atoms with Gasteiger partial charge in [-0.25, -0.2) is 0 Å². The summed E-state index contributed by atoms with van der Waals surface area (Å²) in [6, 6.07) is 6.62. The van der Waals surface area contributed by atoms with Crippen LogP contribution in [-0.2, 0) is 20.7 Å². The van der Waals surface area contributed by atoms with Crippen molar-refractivity contribution in [1.29, 1.82) is 0 Å². The van der Waals surface area contributed by atoms with Crippen LogP contribution in [0.1, 0.15) is 95.6 Å². The Hall–Kier alpha value is -1.84. The fraction of sp³-hybridized carbons (Fsp3) is 0.714. The van der Waals surface area contributed by atoms with Crippen LogP contribution >= 0.6 is 0 Å². The molecule has 5 atom stereocenters. The minimum Gasteiger partial charge on any atom is -0.497 e. The highest BCUT2D eigenvalue weighted by molar-refractivity contribution is 5.87. The summed E-state index contributed by atoms with van der Waals surface area (Å²) in [5.74, 6) is 3.59. The lowest BCUT2D eigenvalue weighted by Crippen LogP contribution is -2.44. The molecule has 1 unspecified atom stereocenters. The van der Waals surface area contributed by atoms with Crippen molar-refractivity contribution in [1.82, 2.24) is 0 Å². The van der Waals surface area contributed by atoms with Crippen molar-refractivity contribution in [2.75, 3.05) is 7.11 Å². The van der Waals surface area contributed by atoms with E-state index in [1.54, 1.807) is 7.11 Å². The van der Waals surface area contributed by atoms with E-state index in [1.165, 1.54) is 17.5 Å². The van der Waals surface area contributed by atoms with Crippen molar-refractivity contribution in [2.24, 2.45) is 23.2 Å². The van der Waals surface area contributed by atoms with Gasteiger partial charge in [-0.15, -0.1) is 0 Å². The van der Waals surface area contributed by atoms with Crippen LogP contribution in [0.3, 0.4) is 0 Å². The zero-order valence-corrected chi connectivity index (χ0v) is 20.3. The molecule has 0 saturated heterocycles. The summed E-state index contributed by atoms with van der Waals surface area (Å²) in [6.45, 7) is 6.05. The van der Waals surface area contributed by atoms with Crippen LogP contribution in [0.4, 0.5) is 0 Å². The van der Waals surface area contributed by atoms with E-state index in [4.69, 9.17) is 9.47 Å². The molecule has 0 spiro atoms. The molecule has 0 amide bonds. The highest BCUT2D eigenvalue weighted by Crippen LogP contribution is 2.62. The van der Waals surface area contributed by atoms with E-state index in [0.717, 1.165) is 57.1 Å². The summed E-state index contributed by atoms with van der Waals surface area (Å²) in [4.78, 5) is 24.9. The SMILES string of the molecule is COc1ccc2c(c1)CC[C@@H]1[C@@H]2CC[C@]2(C)C(=O)CC(CCCCCC(=O)OC(C)C)[C@@H]12. The summed E-state index contributed by atoms with van der Waals surface area (Å²) >= 11 is 0.